The highest BCUT2D eigenvalue weighted by Crippen LogP contribution is 2.62. The molecule has 0 atom stereocenters. The maximum Gasteiger partial charge on any atom is 0.160 e. The minimum atomic E-state index is -0.393. The lowest BCUT2D eigenvalue weighted by Crippen LogP contribution is -2.40. The summed E-state index contributed by atoms with van der Waals surface area (Å²) in [6.07, 6.45) is 0. The van der Waals surface area contributed by atoms with E-state index in [9.17, 15) is 0 Å². The third-order valence-corrected chi connectivity index (χ3v) is 15.3. The summed E-state index contributed by atoms with van der Waals surface area (Å²) in [5.41, 5.74) is 20.1. The number of thiophene rings is 1. The fourth-order valence-electron chi connectivity index (χ4n) is 11.1. The molecule has 0 N–H and O–H groups in total. The normalized spacial score (nSPS) is 13.9. The highest BCUT2D eigenvalue weighted by molar-refractivity contribution is 7.25. The van der Waals surface area contributed by atoms with E-state index in [1.165, 1.54) is 81.4 Å². The lowest BCUT2D eigenvalue weighted by Gasteiger charge is -2.46. The first-order valence-electron chi connectivity index (χ1n) is 22.5. The Kier molecular flexibility index (Phi) is 8.38. The molecule has 0 saturated heterocycles. The lowest BCUT2D eigenvalue weighted by atomic mass is 9.55. The van der Waals surface area contributed by atoms with Gasteiger partial charge in [-0.3, -0.25) is 0 Å². The fourth-order valence-corrected chi connectivity index (χ4v) is 12.2. The van der Waals surface area contributed by atoms with E-state index in [0.29, 0.717) is 0 Å². The van der Waals surface area contributed by atoms with Gasteiger partial charge in [0.1, 0.15) is 0 Å². The van der Waals surface area contributed by atoms with Crippen molar-refractivity contribution in [3.63, 3.8) is 0 Å². The Bertz CT molecular complexity index is 3640. The molecule has 65 heavy (non-hydrogen) atoms. The molecule has 1 spiro atoms. The molecule has 0 saturated carbocycles. The summed E-state index contributed by atoms with van der Waals surface area (Å²) in [6, 6.07) is 80.2. The molecule has 9 aromatic carbocycles. The van der Waals surface area contributed by atoms with Crippen LogP contribution in [0.2, 0.25) is 0 Å². The van der Waals surface area contributed by atoms with Gasteiger partial charge in [-0.05, 0) is 97.1 Å². The van der Waals surface area contributed by atoms with Crippen molar-refractivity contribution in [3.05, 3.63) is 252 Å². The molecule has 2 aromatic heterocycles. The molecule has 2 aliphatic carbocycles. The van der Waals surface area contributed by atoms with Gasteiger partial charge in [0.25, 0.3) is 0 Å². The van der Waals surface area contributed by atoms with Crippen molar-refractivity contribution in [2.45, 2.75) is 24.7 Å². The minimum Gasteiger partial charge on any atom is -0.228 e. The highest BCUT2D eigenvalue weighted by Gasteiger charge is 2.53. The second kappa shape index (κ2) is 14.4. The van der Waals surface area contributed by atoms with Gasteiger partial charge in [-0.2, -0.15) is 0 Å². The van der Waals surface area contributed by atoms with Crippen molar-refractivity contribution < 1.29 is 0 Å². The summed E-state index contributed by atoms with van der Waals surface area (Å²) in [5, 5.41) is 2.58. The monoisotopic (exact) mass is 846 g/mol. The van der Waals surface area contributed by atoms with Gasteiger partial charge in [-0.25, -0.2) is 9.97 Å². The molecule has 13 rings (SSSR count). The Labute approximate surface area is 383 Å². The van der Waals surface area contributed by atoms with E-state index in [1.807, 2.05) is 29.5 Å². The van der Waals surface area contributed by atoms with Gasteiger partial charge in [-0.1, -0.05) is 202 Å². The number of fused-ring (bicyclic) bond motifs is 12. The summed E-state index contributed by atoms with van der Waals surface area (Å²) in [6.45, 7) is 4.76. The number of rotatable bonds is 5. The van der Waals surface area contributed by atoms with Crippen LogP contribution in [0, 0.1) is 0 Å². The maximum atomic E-state index is 5.15. The molecule has 0 bridgehead atoms. The molecule has 306 valence electrons. The fraction of sp³-hybridized carbons (Fsp3) is 0.0645. The molecule has 11 aromatic rings. The predicted molar refractivity (Wildman–Crippen MR) is 272 cm³/mol. The molecule has 2 aliphatic rings. The van der Waals surface area contributed by atoms with Crippen molar-refractivity contribution in [2.75, 3.05) is 0 Å². The molecule has 2 nitrogen and oxygen atoms in total. The van der Waals surface area contributed by atoms with Gasteiger partial charge in [0, 0.05) is 42.3 Å². The molecular formula is C62H42N2S. The van der Waals surface area contributed by atoms with Crippen LogP contribution in [0.4, 0.5) is 0 Å². The van der Waals surface area contributed by atoms with E-state index in [0.717, 1.165) is 39.5 Å². The Morgan fingerprint density at radius 1 is 0.323 bits per heavy atom. The Balaban J connectivity index is 0.874. The van der Waals surface area contributed by atoms with E-state index in [-0.39, 0.29) is 5.41 Å². The number of aromatic nitrogens is 2. The smallest absolute Gasteiger partial charge is 0.160 e. The highest BCUT2D eigenvalue weighted by atomic mass is 32.1. The van der Waals surface area contributed by atoms with Gasteiger partial charge >= 0.3 is 0 Å². The van der Waals surface area contributed by atoms with Gasteiger partial charge in [-0.15, -0.1) is 11.3 Å². The number of hydrogen-bond donors (Lipinski definition) is 0. The van der Waals surface area contributed by atoms with Gasteiger partial charge in [0.2, 0.25) is 0 Å². The summed E-state index contributed by atoms with van der Waals surface area (Å²) in [4.78, 5) is 10.3. The van der Waals surface area contributed by atoms with Crippen LogP contribution in [-0.2, 0) is 10.8 Å². The average Bonchev–Trinajstić information content (AvgIpc) is 3.89. The second-order valence-electron chi connectivity index (χ2n) is 18.1. The Hall–Kier alpha value is -7.72. The molecule has 0 radical (unpaired) electrons. The Morgan fingerprint density at radius 2 is 0.846 bits per heavy atom. The zero-order valence-electron chi connectivity index (χ0n) is 36.1. The summed E-state index contributed by atoms with van der Waals surface area (Å²) < 4.78 is 2.56. The lowest BCUT2D eigenvalue weighted by molar-refractivity contribution is 0.563. The minimum absolute atomic E-state index is 0.118. The van der Waals surface area contributed by atoms with Crippen molar-refractivity contribution in [3.8, 4) is 67.3 Å². The first-order valence-corrected chi connectivity index (χ1v) is 23.3. The number of nitrogens with zero attached hydrogens (tertiary/aromatic N) is 2. The van der Waals surface area contributed by atoms with E-state index in [2.05, 4.69) is 214 Å². The van der Waals surface area contributed by atoms with Crippen molar-refractivity contribution >= 4 is 31.5 Å². The van der Waals surface area contributed by atoms with Crippen molar-refractivity contribution in [1.82, 2.24) is 9.97 Å². The van der Waals surface area contributed by atoms with Gasteiger partial charge < -0.3 is 0 Å². The zero-order valence-corrected chi connectivity index (χ0v) is 36.9. The third-order valence-electron chi connectivity index (χ3n) is 14.2. The van der Waals surface area contributed by atoms with Crippen LogP contribution >= 0.6 is 11.3 Å². The topological polar surface area (TPSA) is 25.8 Å². The third kappa shape index (κ3) is 5.72. The molecule has 0 aliphatic heterocycles. The first kappa shape index (κ1) is 37.8. The van der Waals surface area contributed by atoms with E-state index in [4.69, 9.17) is 9.97 Å². The van der Waals surface area contributed by atoms with Crippen molar-refractivity contribution in [2.24, 2.45) is 0 Å². The van der Waals surface area contributed by atoms with Crippen molar-refractivity contribution in [1.29, 1.82) is 0 Å². The summed E-state index contributed by atoms with van der Waals surface area (Å²) >= 11 is 1.83. The Morgan fingerprint density at radius 3 is 1.60 bits per heavy atom. The van der Waals surface area contributed by atoms with E-state index >= 15 is 0 Å². The van der Waals surface area contributed by atoms with Gasteiger partial charge in [0.05, 0.1) is 16.8 Å². The van der Waals surface area contributed by atoms with Crippen LogP contribution < -0.4 is 0 Å². The van der Waals surface area contributed by atoms with E-state index in [1.54, 1.807) is 0 Å². The largest absolute Gasteiger partial charge is 0.228 e. The molecule has 2 heterocycles. The quantitative estimate of drug-likeness (QED) is 0.172. The van der Waals surface area contributed by atoms with Crippen LogP contribution in [0.3, 0.4) is 0 Å². The molecule has 3 heteroatoms. The number of hydrogen-bond acceptors (Lipinski definition) is 3. The molecule has 0 amide bonds. The maximum absolute atomic E-state index is 5.15. The van der Waals surface area contributed by atoms with Crippen LogP contribution in [0.15, 0.2) is 218 Å². The summed E-state index contributed by atoms with van der Waals surface area (Å²) in [5.74, 6) is 0.718. The van der Waals surface area contributed by atoms with Crippen LogP contribution in [0.5, 0.6) is 0 Å². The number of benzene rings is 9. The van der Waals surface area contributed by atoms with Crippen LogP contribution in [-0.4, -0.2) is 9.97 Å². The molecular weight excluding hydrogens is 805 g/mol. The van der Waals surface area contributed by atoms with Crippen LogP contribution in [0.25, 0.3) is 87.5 Å². The first-order chi connectivity index (χ1) is 31.9. The molecule has 0 unspecified atom stereocenters. The predicted octanol–water partition coefficient (Wildman–Crippen LogP) is 16.2. The average molecular weight is 847 g/mol. The zero-order chi connectivity index (χ0) is 43.3. The SMILES string of the molecule is CC1(C)c2ccccc2C2(c3ccccc3-c3cc(-c4cccc(-c5ccc(-c6cc(-c7ccc8c(c7)sc7ccccc78)nc(-c7ccccc7)n6)cc5)c4)ccc32)c2ccccc21. The van der Waals surface area contributed by atoms with Gasteiger partial charge in [0.15, 0.2) is 5.82 Å². The molecule has 0 fully saturated rings. The van der Waals surface area contributed by atoms with Crippen LogP contribution in [0.1, 0.15) is 47.2 Å². The second-order valence-corrected chi connectivity index (χ2v) is 19.2. The standard InChI is InChI=1S/C62H42N2S/c1-61(2)52-22-9-11-24-54(52)62(55-25-12-10-23-53(55)61)50-21-8-6-19-46(50)49-36-44(32-34-51(49)62)43-18-14-17-42(35-43)39-27-29-40(30-28-39)56-38-57(64-60(63-56)41-15-4-3-5-16-41)45-31-33-48-47-20-7-13-26-58(47)65-59(48)37-45/h3-38H,1-2H3. The van der Waals surface area contributed by atoms with E-state index < -0.39 is 5.41 Å². The summed E-state index contributed by atoms with van der Waals surface area (Å²) in [7, 11) is 0.